The van der Waals surface area contributed by atoms with E-state index in [1.54, 1.807) is 0 Å². The molecule has 0 atom stereocenters. The van der Waals surface area contributed by atoms with Crippen LogP contribution >= 0.6 is 0 Å². The Labute approximate surface area is 188 Å². The summed E-state index contributed by atoms with van der Waals surface area (Å²) in [6.45, 7) is 18.0. The van der Waals surface area contributed by atoms with Gasteiger partial charge in [-0.05, 0) is 56.6 Å². The molecule has 1 aromatic rings. The van der Waals surface area contributed by atoms with E-state index in [0.29, 0.717) is 0 Å². The van der Waals surface area contributed by atoms with E-state index in [1.807, 2.05) is 0 Å². The quantitative estimate of drug-likeness (QED) is 0.570. The Morgan fingerprint density at radius 2 is 1.16 bits per heavy atom. The monoisotopic (exact) mass is 419 g/mol. The number of nitrogens with one attached hydrogen (secondary N) is 3. The summed E-state index contributed by atoms with van der Waals surface area (Å²) in [5, 5.41) is 0. The zero-order valence-corrected chi connectivity index (χ0v) is 20.9. The summed E-state index contributed by atoms with van der Waals surface area (Å²) in [5.74, 6) is 0. The van der Waals surface area contributed by atoms with Crippen molar-refractivity contribution in [1.29, 1.82) is 0 Å². The molecule has 3 heterocycles. The van der Waals surface area contributed by atoms with Crippen LogP contribution in [0.2, 0.25) is 0 Å². The second kappa shape index (κ2) is 9.80. The molecule has 3 N–H and O–H groups in total. The van der Waals surface area contributed by atoms with E-state index >= 15 is 0 Å². The molecule has 3 heteroatoms. The number of aromatic amines is 1. The van der Waals surface area contributed by atoms with Gasteiger partial charge in [-0.25, -0.2) is 9.98 Å². The van der Waals surface area contributed by atoms with Crippen molar-refractivity contribution in [1.82, 2.24) is 4.98 Å². The van der Waals surface area contributed by atoms with Crippen LogP contribution in [0, 0.1) is 6.92 Å². The van der Waals surface area contributed by atoms with E-state index in [-0.39, 0.29) is 0 Å². The number of hydrogen-bond donors (Lipinski definition) is 3. The predicted molar refractivity (Wildman–Crippen MR) is 133 cm³/mol. The second-order valence-electron chi connectivity index (χ2n) is 8.56. The van der Waals surface area contributed by atoms with E-state index < -0.39 is 0 Å². The van der Waals surface area contributed by atoms with Gasteiger partial charge in [-0.1, -0.05) is 41.5 Å². The van der Waals surface area contributed by atoms with Crippen LogP contribution < -0.4 is 9.98 Å². The van der Waals surface area contributed by atoms with Crippen molar-refractivity contribution in [2.75, 3.05) is 0 Å². The summed E-state index contributed by atoms with van der Waals surface area (Å²) >= 11 is 0. The summed E-state index contributed by atoms with van der Waals surface area (Å²) < 4.78 is 0. The number of hydrogen-bond acceptors (Lipinski definition) is 0. The number of H-pyrrole nitrogens is 1. The van der Waals surface area contributed by atoms with Crippen LogP contribution in [0.25, 0.3) is 6.08 Å². The highest BCUT2D eigenvalue weighted by atomic mass is 14.8. The first-order chi connectivity index (χ1) is 14.9. The smallest absolute Gasteiger partial charge is 0.214 e. The van der Waals surface area contributed by atoms with Crippen LogP contribution in [-0.2, 0) is 12.8 Å². The third-order valence-corrected chi connectivity index (χ3v) is 6.91. The molecule has 0 spiro atoms. The van der Waals surface area contributed by atoms with Crippen LogP contribution in [0.15, 0.2) is 39.8 Å². The van der Waals surface area contributed by atoms with Gasteiger partial charge in [0.05, 0.1) is 6.08 Å². The Bertz CT molecular complexity index is 1050. The van der Waals surface area contributed by atoms with Gasteiger partial charge >= 0.3 is 0 Å². The van der Waals surface area contributed by atoms with E-state index in [1.165, 1.54) is 67.6 Å². The standard InChI is InChI=1S/C28H39N3/c1-9-19-17(7)29-25(21(19)11-3)15-27-23(13-5)24(14-6)28(31-27)16-26-22(12-4)20(10-2)18(8)30-26/h15-16,29H,9-14H2,1-8H3/p+2/b26-16+,27-15?. The lowest BCUT2D eigenvalue weighted by Crippen LogP contribution is -2.70. The van der Waals surface area contributed by atoms with Crippen molar-refractivity contribution >= 4 is 17.5 Å². The van der Waals surface area contributed by atoms with Crippen LogP contribution in [0.4, 0.5) is 0 Å². The normalized spacial score (nSPS) is 19.4. The maximum absolute atomic E-state index is 3.79. The lowest BCUT2D eigenvalue weighted by molar-refractivity contribution is -0.393. The summed E-state index contributed by atoms with van der Waals surface area (Å²) in [6, 6.07) is 0. The minimum Gasteiger partial charge on any atom is -0.358 e. The Hall–Kier alpha value is -2.42. The summed E-state index contributed by atoms with van der Waals surface area (Å²) in [7, 11) is 0. The minimum absolute atomic E-state index is 1.03. The zero-order chi connectivity index (χ0) is 22.7. The van der Waals surface area contributed by atoms with Crippen molar-refractivity contribution < 1.29 is 9.98 Å². The average molecular weight is 420 g/mol. The van der Waals surface area contributed by atoms with Crippen LogP contribution in [-0.4, -0.2) is 16.4 Å². The molecule has 0 saturated heterocycles. The first kappa shape index (κ1) is 23.2. The molecule has 0 amide bonds. The highest BCUT2D eigenvalue weighted by molar-refractivity contribution is 6.08. The molecule has 0 aliphatic carbocycles. The fourth-order valence-corrected chi connectivity index (χ4v) is 5.46. The molecule has 3 rings (SSSR count). The van der Waals surface area contributed by atoms with Crippen molar-refractivity contribution in [3.63, 3.8) is 0 Å². The Kier molecular flexibility index (Phi) is 7.35. The van der Waals surface area contributed by atoms with E-state index in [9.17, 15) is 0 Å². The Morgan fingerprint density at radius 1 is 0.613 bits per heavy atom. The summed E-state index contributed by atoms with van der Waals surface area (Å²) in [5.41, 5.74) is 16.4. The molecule has 3 nitrogen and oxygen atoms in total. The van der Waals surface area contributed by atoms with Gasteiger partial charge in [-0.2, -0.15) is 0 Å². The minimum atomic E-state index is 1.03. The van der Waals surface area contributed by atoms with Gasteiger partial charge in [0.25, 0.3) is 0 Å². The Morgan fingerprint density at radius 3 is 1.71 bits per heavy atom. The van der Waals surface area contributed by atoms with Gasteiger partial charge < -0.3 is 4.98 Å². The molecule has 0 unspecified atom stereocenters. The highest BCUT2D eigenvalue weighted by Crippen LogP contribution is 2.27. The van der Waals surface area contributed by atoms with Crippen molar-refractivity contribution in [2.45, 2.75) is 93.9 Å². The Balaban J connectivity index is 2.13. The maximum Gasteiger partial charge on any atom is 0.214 e. The van der Waals surface area contributed by atoms with Crippen LogP contribution in [0.3, 0.4) is 0 Å². The molecule has 1 aromatic heterocycles. The third kappa shape index (κ3) is 4.20. The maximum atomic E-state index is 3.79. The van der Waals surface area contributed by atoms with Crippen LogP contribution in [0.1, 0.15) is 96.7 Å². The molecule has 0 aromatic carbocycles. The van der Waals surface area contributed by atoms with Gasteiger partial charge in [0.1, 0.15) is 0 Å². The van der Waals surface area contributed by atoms with E-state index in [0.717, 1.165) is 38.5 Å². The topological polar surface area (TPSA) is 43.7 Å². The molecule has 0 bridgehead atoms. The average Bonchev–Trinajstić information content (AvgIpc) is 3.36. The lowest BCUT2D eigenvalue weighted by Gasteiger charge is -2.02. The number of rotatable bonds is 8. The van der Waals surface area contributed by atoms with Gasteiger partial charge in [-0.15, -0.1) is 0 Å². The molecule has 2 aliphatic rings. The van der Waals surface area contributed by atoms with E-state index in [4.69, 9.17) is 0 Å². The first-order valence-electron chi connectivity index (χ1n) is 12.3. The van der Waals surface area contributed by atoms with Gasteiger partial charge in [0.15, 0.2) is 5.71 Å². The molecule has 2 aliphatic heterocycles. The van der Waals surface area contributed by atoms with Crippen molar-refractivity contribution in [3.8, 4) is 0 Å². The largest absolute Gasteiger partial charge is 0.358 e. The molecular weight excluding hydrogens is 378 g/mol. The lowest BCUT2D eigenvalue weighted by atomic mass is 9.96. The molecule has 31 heavy (non-hydrogen) atoms. The molecular formula is C28H41N3+2. The summed E-state index contributed by atoms with van der Waals surface area (Å²) in [4.78, 5) is 11.1. The molecule has 0 radical (unpaired) electrons. The highest BCUT2D eigenvalue weighted by Gasteiger charge is 2.32. The van der Waals surface area contributed by atoms with Gasteiger partial charge in [0.2, 0.25) is 17.1 Å². The number of aromatic nitrogens is 1. The SMILES string of the molecule is CCC1=C(CC)C(/C=C2/[NH+]=C(C)C(CC)=C2CC)=[NH+]C1=Cc1[nH]c(C)c(CC)c1CC. The first-order valence-corrected chi connectivity index (χ1v) is 12.3. The number of aryl methyl sites for hydroxylation is 1. The van der Waals surface area contributed by atoms with Gasteiger partial charge in [-0.3, -0.25) is 0 Å². The molecule has 0 saturated carbocycles. The van der Waals surface area contributed by atoms with Gasteiger partial charge in [0, 0.05) is 46.7 Å². The fourth-order valence-electron chi connectivity index (χ4n) is 5.46. The van der Waals surface area contributed by atoms with Crippen LogP contribution in [0.5, 0.6) is 0 Å². The predicted octanol–water partition coefficient (Wildman–Crippen LogP) is 4.00. The second-order valence-corrected chi connectivity index (χ2v) is 8.56. The zero-order valence-electron chi connectivity index (χ0n) is 20.9. The van der Waals surface area contributed by atoms with Crippen molar-refractivity contribution in [2.24, 2.45) is 0 Å². The summed E-state index contributed by atoms with van der Waals surface area (Å²) in [6.07, 6.45) is 11.0. The van der Waals surface area contributed by atoms with E-state index in [2.05, 4.69) is 82.5 Å². The number of allylic oxidation sites excluding steroid dienone is 5. The fraction of sp³-hybridized carbons (Fsp3) is 0.500. The molecule has 0 fully saturated rings. The van der Waals surface area contributed by atoms with Crippen molar-refractivity contribution in [3.05, 3.63) is 62.3 Å². The third-order valence-electron chi connectivity index (χ3n) is 6.91. The molecule has 166 valence electrons.